The number of carbonyl (C=O) groups is 2. The summed E-state index contributed by atoms with van der Waals surface area (Å²) in [5, 5.41) is 4.00. The van der Waals surface area contributed by atoms with Gasteiger partial charge in [0.1, 0.15) is 11.9 Å². The Labute approximate surface area is 187 Å². The van der Waals surface area contributed by atoms with E-state index >= 15 is 0 Å². The molecule has 2 aliphatic rings. The summed E-state index contributed by atoms with van der Waals surface area (Å²) in [5.74, 6) is 0.909. The van der Waals surface area contributed by atoms with Gasteiger partial charge in [0, 0.05) is 51.2 Å². The lowest BCUT2D eigenvalue weighted by atomic mass is 10.1. The van der Waals surface area contributed by atoms with Gasteiger partial charge in [-0.15, -0.1) is 5.10 Å². The maximum Gasteiger partial charge on any atom is 0.344 e. The van der Waals surface area contributed by atoms with Crippen LogP contribution in [0.25, 0.3) is 0 Å². The molecule has 2 amide bonds. The highest BCUT2D eigenvalue weighted by Crippen LogP contribution is 2.34. The van der Waals surface area contributed by atoms with Gasteiger partial charge in [-0.05, 0) is 31.0 Å². The van der Waals surface area contributed by atoms with E-state index in [0.29, 0.717) is 44.6 Å². The van der Waals surface area contributed by atoms with Crippen LogP contribution >= 0.6 is 0 Å². The number of anilines is 2. The fourth-order valence-electron chi connectivity index (χ4n) is 4.01. The van der Waals surface area contributed by atoms with Gasteiger partial charge in [0.2, 0.25) is 15.9 Å². The number of aromatic nitrogens is 2. The van der Waals surface area contributed by atoms with Crippen molar-refractivity contribution < 1.29 is 22.7 Å². The third-order valence-electron chi connectivity index (χ3n) is 5.56. The predicted octanol–water partition coefficient (Wildman–Crippen LogP) is 2.20. The Bertz CT molecular complexity index is 1120. The first-order valence-corrected chi connectivity index (χ1v) is 12.5. The Kier molecular flexibility index (Phi) is 6.09. The molecular weight excluding hydrogens is 434 g/mol. The van der Waals surface area contributed by atoms with Crippen LogP contribution in [0.1, 0.15) is 31.2 Å². The molecule has 172 valence electrons. The SMILES string of the molecule is Cc1ccc(OC2CCN(C(=O)n3ccc(NS(C)(=O)=O)n3)CC2)c(N2CCCC2=O)c1. The molecule has 0 spiro atoms. The van der Waals surface area contributed by atoms with Crippen molar-refractivity contribution in [1.29, 1.82) is 0 Å². The summed E-state index contributed by atoms with van der Waals surface area (Å²) in [7, 11) is -3.46. The quantitative estimate of drug-likeness (QED) is 0.730. The van der Waals surface area contributed by atoms with Crippen LogP contribution in [0.3, 0.4) is 0 Å². The summed E-state index contributed by atoms with van der Waals surface area (Å²) in [6.07, 6.45) is 5.08. The number of piperidine rings is 1. The Hall–Kier alpha value is -3.08. The summed E-state index contributed by atoms with van der Waals surface area (Å²) in [6, 6.07) is 6.99. The highest BCUT2D eigenvalue weighted by Gasteiger charge is 2.28. The van der Waals surface area contributed by atoms with E-state index in [1.54, 1.807) is 9.80 Å². The molecule has 0 bridgehead atoms. The molecule has 3 heterocycles. The first kappa shape index (κ1) is 22.1. The molecule has 11 heteroatoms. The number of aryl methyl sites for hydroxylation is 1. The minimum absolute atomic E-state index is 0.0710. The smallest absolute Gasteiger partial charge is 0.344 e. The highest BCUT2D eigenvalue weighted by atomic mass is 32.2. The molecule has 0 atom stereocenters. The number of benzene rings is 1. The average molecular weight is 462 g/mol. The van der Waals surface area contributed by atoms with E-state index in [9.17, 15) is 18.0 Å². The molecule has 32 heavy (non-hydrogen) atoms. The van der Waals surface area contributed by atoms with Crippen molar-refractivity contribution >= 4 is 33.5 Å². The van der Waals surface area contributed by atoms with Crippen molar-refractivity contribution in [1.82, 2.24) is 14.7 Å². The van der Waals surface area contributed by atoms with Gasteiger partial charge in [-0.3, -0.25) is 9.52 Å². The summed E-state index contributed by atoms with van der Waals surface area (Å²) >= 11 is 0. The zero-order chi connectivity index (χ0) is 22.9. The normalized spacial score (nSPS) is 17.6. The predicted molar refractivity (Wildman–Crippen MR) is 119 cm³/mol. The zero-order valence-electron chi connectivity index (χ0n) is 18.2. The standard InChI is InChI=1S/C21H27N5O5S/c1-15-5-6-18(17(14-15)25-10-3-4-20(25)27)31-16-7-11-24(12-8-16)21(28)26-13-9-19(22-26)23-32(2,29)30/h5-6,9,13-14,16H,3-4,7-8,10-12H2,1-2H3,(H,22,23). The molecule has 0 radical (unpaired) electrons. The summed E-state index contributed by atoms with van der Waals surface area (Å²) < 4.78 is 32.3. The van der Waals surface area contributed by atoms with Gasteiger partial charge < -0.3 is 14.5 Å². The van der Waals surface area contributed by atoms with Crippen molar-refractivity contribution in [3.05, 3.63) is 36.0 Å². The topological polar surface area (TPSA) is 114 Å². The fourth-order valence-corrected chi connectivity index (χ4v) is 4.49. The van der Waals surface area contributed by atoms with Gasteiger partial charge in [0.15, 0.2) is 5.82 Å². The number of nitrogens with zero attached hydrogens (tertiary/aromatic N) is 4. The molecule has 1 N–H and O–H groups in total. The van der Waals surface area contributed by atoms with E-state index in [-0.39, 0.29) is 23.9 Å². The summed E-state index contributed by atoms with van der Waals surface area (Å²) in [4.78, 5) is 28.4. The largest absolute Gasteiger partial charge is 0.488 e. The number of nitrogens with one attached hydrogen (secondary N) is 1. The fraction of sp³-hybridized carbons (Fsp3) is 0.476. The van der Waals surface area contributed by atoms with E-state index in [1.165, 1.54) is 12.3 Å². The second-order valence-corrected chi connectivity index (χ2v) is 9.98. The van der Waals surface area contributed by atoms with E-state index in [2.05, 4.69) is 9.82 Å². The molecule has 2 aliphatic heterocycles. The number of hydrogen-bond acceptors (Lipinski definition) is 6. The minimum atomic E-state index is -3.46. The van der Waals surface area contributed by atoms with Crippen molar-refractivity contribution in [2.24, 2.45) is 0 Å². The number of ether oxygens (including phenoxy) is 1. The third-order valence-corrected chi connectivity index (χ3v) is 6.14. The van der Waals surface area contributed by atoms with Gasteiger partial charge in [0.25, 0.3) is 0 Å². The van der Waals surface area contributed by atoms with Crippen LogP contribution in [0.4, 0.5) is 16.3 Å². The summed E-state index contributed by atoms with van der Waals surface area (Å²) in [6.45, 7) is 3.67. The van der Waals surface area contributed by atoms with Crippen LogP contribution in [-0.2, 0) is 14.8 Å². The van der Waals surface area contributed by atoms with Crippen molar-refractivity contribution in [2.45, 2.75) is 38.7 Å². The van der Waals surface area contributed by atoms with Crippen LogP contribution in [0.15, 0.2) is 30.5 Å². The van der Waals surface area contributed by atoms with E-state index in [1.807, 2.05) is 25.1 Å². The van der Waals surface area contributed by atoms with Crippen molar-refractivity contribution in [2.75, 3.05) is 35.5 Å². The second kappa shape index (κ2) is 8.81. The lowest BCUT2D eigenvalue weighted by Gasteiger charge is -2.32. The van der Waals surface area contributed by atoms with E-state index in [4.69, 9.17) is 4.74 Å². The molecule has 2 saturated heterocycles. The van der Waals surface area contributed by atoms with E-state index < -0.39 is 10.0 Å². The molecule has 0 aliphatic carbocycles. The minimum Gasteiger partial charge on any atom is -0.488 e. The van der Waals surface area contributed by atoms with Gasteiger partial charge in [0.05, 0.1) is 11.9 Å². The second-order valence-electron chi connectivity index (χ2n) is 8.23. The molecule has 4 rings (SSSR count). The highest BCUT2D eigenvalue weighted by molar-refractivity contribution is 7.92. The number of amides is 2. The van der Waals surface area contributed by atoms with Gasteiger partial charge in [-0.2, -0.15) is 4.68 Å². The summed E-state index contributed by atoms with van der Waals surface area (Å²) in [5.41, 5.74) is 1.88. The average Bonchev–Trinajstić information content (AvgIpc) is 3.37. The van der Waals surface area contributed by atoms with Crippen molar-refractivity contribution in [3.63, 3.8) is 0 Å². The number of carbonyl (C=O) groups excluding carboxylic acids is 2. The van der Waals surface area contributed by atoms with Crippen LogP contribution in [-0.4, -0.2) is 67.0 Å². The molecule has 2 fully saturated rings. The Morgan fingerprint density at radius 2 is 1.94 bits per heavy atom. The van der Waals surface area contributed by atoms with Crippen LogP contribution in [0, 0.1) is 6.92 Å². The molecule has 1 aromatic heterocycles. The van der Waals surface area contributed by atoms with Gasteiger partial charge in [-0.25, -0.2) is 13.2 Å². The number of hydrogen-bond donors (Lipinski definition) is 1. The van der Waals surface area contributed by atoms with Gasteiger partial charge in [-0.1, -0.05) is 6.07 Å². The molecule has 1 aromatic carbocycles. The lowest BCUT2D eigenvalue weighted by Crippen LogP contribution is -2.43. The van der Waals surface area contributed by atoms with E-state index in [0.717, 1.165) is 28.6 Å². The van der Waals surface area contributed by atoms with Gasteiger partial charge >= 0.3 is 6.03 Å². The van der Waals surface area contributed by atoms with Crippen LogP contribution in [0.2, 0.25) is 0 Å². The first-order valence-electron chi connectivity index (χ1n) is 10.6. The molecule has 2 aromatic rings. The molecule has 0 saturated carbocycles. The Morgan fingerprint density at radius 3 is 2.59 bits per heavy atom. The zero-order valence-corrected chi connectivity index (χ0v) is 19.0. The molecule has 0 unspecified atom stereocenters. The van der Waals surface area contributed by atoms with Crippen LogP contribution < -0.4 is 14.4 Å². The van der Waals surface area contributed by atoms with Crippen molar-refractivity contribution in [3.8, 4) is 5.75 Å². The Balaban J connectivity index is 1.38. The third kappa shape index (κ3) is 5.04. The molecule has 10 nitrogen and oxygen atoms in total. The number of rotatable bonds is 5. The number of sulfonamides is 1. The lowest BCUT2D eigenvalue weighted by molar-refractivity contribution is -0.117. The monoisotopic (exact) mass is 461 g/mol. The Morgan fingerprint density at radius 1 is 1.19 bits per heavy atom. The maximum atomic E-state index is 12.7. The molecular formula is C21H27N5O5S. The number of likely N-dealkylation sites (tertiary alicyclic amines) is 1. The maximum absolute atomic E-state index is 12.7. The van der Waals surface area contributed by atoms with Crippen LogP contribution in [0.5, 0.6) is 5.75 Å². The first-order chi connectivity index (χ1) is 15.2.